The first-order valence-corrected chi connectivity index (χ1v) is 9.36. The molecule has 6 nitrogen and oxygen atoms in total. The first kappa shape index (κ1) is 18.6. The molecule has 0 unspecified atom stereocenters. The van der Waals surface area contributed by atoms with Crippen LogP contribution in [0.25, 0.3) is 0 Å². The largest absolute Gasteiger partial charge is 0.322 e. The van der Waals surface area contributed by atoms with Crippen LogP contribution in [0.3, 0.4) is 0 Å². The monoisotopic (exact) mass is 357 g/mol. The highest BCUT2D eigenvalue weighted by Crippen LogP contribution is 2.15. The van der Waals surface area contributed by atoms with Gasteiger partial charge < -0.3 is 5.32 Å². The van der Waals surface area contributed by atoms with Gasteiger partial charge in [-0.3, -0.25) is 4.79 Å². The molecule has 0 aliphatic carbocycles. The Kier molecular flexibility index (Phi) is 6.28. The van der Waals surface area contributed by atoms with E-state index in [9.17, 15) is 13.2 Å². The topological polar surface area (TPSA) is 99.1 Å². The molecule has 7 heteroatoms. The van der Waals surface area contributed by atoms with Crippen molar-refractivity contribution in [2.75, 3.05) is 11.9 Å². The highest BCUT2D eigenvalue weighted by Gasteiger charge is 2.15. The summed E-state index contributed by atoms with van der Waals surface area (Å²) < 4.78 is 27.0. The van der Waals surface area contributed by atoms with Crippen LogP contribution in [0.2, 0.25) is 0 Å². The molecule has 0 heterocycles. The van der Waals surface area contributed by atoms with Crippen molar-refractivity contribution in [1.82, 2.24) is 4.72 Å². The molecule has 25 heavy (non-hydrogen) atoms. The molecule has 0 fully saturated rings. The molecule has 2 rings (SSSR count). The van der Waals surface area contributed by atoms with E-state index in [1.54, 1.807) is 30.3 Å². The summed E-state index contributed by atoms with van der Waals surface area (Å²) in [4.78, 5) is 12.4. The third-order valence-corrected chi connectivity index (χ3v) is 4.96. The Morgan fingerprint density at radius 1 is 1.16 bits per heavy atom. The van der Waals surface area contributed by atoms with Crippen molar-refractivity contribution >= 4 is 21.6 Å². The number of hydrogen-bond donors (Lipinski definition) is 2. The van der Waals surface area contributed by atoms with Gasteiger partial charge in [-0.05, 0) is 48.9 Å². The van der Waals surface area contributed by atoms with E-state index in [-0.39, 0.29) is 10.5 Å². The van der Waals surface area contributed by atoms with Crippen LogP contribution in [0.1, 0.15) is 35.7 Å². The lowest BCUT2D eigenvalue weighted by Gasteiger charge is -2.09. The van der Waals surface area contributed by atoms with Crippen molar-refractivity contribution in [2.45, 2.75) is 24.7 Å². The Bertz CT molecular complexity index is 885. The summed E-state index contributed by atoms with van der Waals surface area (Å²) in [6.45, 7) is 2.34. The maximum Gasteiger partial charge on any atom is 0.255 e. The molecule has 2 aromatic rings. The lowest BCUT2D eigenvalue weighted by Crippen LogP contribution is -2.25. The Morgan fingerprint density at radius 3 is 2.52 bits per heavy atom. The molecule has 0 spiro atoms. The predicted octanol–water partition coefficient (Wildman–Crippen LogP) is 2.89. The van der Waals surface area contributed by atoms with E-state index in [0.717, 1.165) is 12.8 Å². The van der Waals surface area contributed by atoms with Crippen molar-refractivity contribution < 1.29 is 13.2 Å². The quantitative estimate of drug-likeness (QED) is 0.744. The van der Waals surface area contributed by atoms with E-state index in [1.807, 2.05) is 13.0 Å². The van der Waals surface area contributed by atoms with E-state index >= 15 is 0 Å². The number of benzene rings is 2. The fourth-order valence-corrected chi connectivity index (χ4v) is 3.22. The highest BCUT2D eigenvalue weighted by atomic mass is 32.2. The number of nitrogens with one attached hydrogen (secondary N) is 2. The first-order chi connectivity index (χ1) is 12.0. The molecule has 0 atom stereocenters. The van der Waals surface area contributed by atoms with Gasteiger partial charge in [-0.25, -0.2) is 13.1 Å². The fraction of sp³-hybridized carbons (Fsp3) is 0.222. The van der Waals surface area contributed by atoms with Crippen LogP contribution in [0.5, 0.6) is 0 Å². The van der Waals surface area contributed by atoms with E-state index < -0.39 is 15.9 Å². The molecule has 0 radical (unpaired) electrons. The van der Waals surface area contributed by atoms with E-state index in [0.29, 0.717) is 17.8 Å². The van der Waals surface area contributed by atoms with Crippen molar-refractivity contribution in [3.63, 3.8) is 0 Å². The van der Waals surface area contributed by atoms with Gasteiger partial charge in [-0.1, -0.05) is 19.4 Å². The molecule has 0 aromatic heterocycles. The van der Waals surface area contributed by atoms with Gasteiger partial charge in [0.1, 0.15) is 0 Å². The molecule has 0 aliphatic heterocycles. The zero-order valence-electron chi connectivity index (χ0n) is 13.8. The molecule has 0 saturated carbocycles. The summed E-state index contributed by atoms with van der Waals surface area (Å²) in [5, 5.41) is 11.4. The number of unbranched alkanes of at least 4 members (excludes halogenated alkanes) is 1. The number of anilines is 1. The van der Waals surface area contributed by atoms with Crippen molar-refractivity contribution in [3.8, 4) is 6.07 Å². The average molecular weight is 357 g/mol. The van der Waals surface area contributed by atoms with Gasteiger partial charge in [0.05, 0.1) is 16.5 Å². The molecule has 2 aromatic carbocycles. The first-order valence-electron chi connectivity index (χ1n) is 7.87. The number of hydrogen-bond acceptors (Lipinski definition) is 4. The third kappa shape index (κ3) is 5.14. The summed E-state index contributed by atoms with van der Waals surface area (Å²) in [5.41, 5.74) is 1.25. The van der Waals surface area contributed by atoms with Crippen LogP contribution >= 0.6 is 0 Å². The van der Waals surface area contributed by atoms with Crippen LogP contribution in [-0.2, 0) is 10.0 Å². The minimum absolute atomic E-state index is 0.0519. The van der Waals surface area contributed by atoms with Gasteiger partial charge in [-0.2, -0.15) is 5.26 Å². The maximum absolute atomic E-state index is 12.3. The molecular weight excluding hydrogens is 338 g/mol. The third-order valence-electron chi connectivity index (χ3n) is 3.50. The number of carbonyl (C=O) groups is 1. The zero-order valence-corrected chi connectivity index (χ0v) is 14.6. The Labute approximate surface area is 147 Å². The van der Waals surface area contributed by atoms with Gasteiger partial charge in [0.15, 0.2) is 0 Å². The molecule has 0 aliphatic rings. The molecular formula is C18H19N3O3S. The summed E-state index contributed by atoms with van der Waals surface area (Å²) in [5.74, 6) is -0.421. The van der Waals surface area contributed by atoms with Gasteiger partial charge >= 0.3 is 0 Å². The maximum atomic E-state index is 12.3. The van der Waals surface area contributed by atoms with E-state index in [2.05, 4.69) is 10.0 Å². The molecule has 2 N–H and O–H groups in total. The second-order valence-corrected chi connectivity index (χ2v) is 7.19. The van der Waals surface area contributed by atoms with Crippen LogP contribution in [0.4, 0.5) is 5.69 Å². The summed E-state index contributed by atoms with van der Waals surface area (Å²) in [6, 6.07) is 14.3. The van der Waals surface area contributed by atoms with Crippen molar-refractivity contribution in [3.05, 3.63) is 59.7 Å². The standard InChI is InChI=1S/C18H19N3O3S/c1-2-3-11-20-25(23,24)17-6-4-5-15(12-17)18(22)21-16-9-7-14(13-19)8-10-16/h4-10,12,20H,2-3,11H2,1H3,(H,21,22). The fourth-order valence-electron chi connectivity index (χ4n) is 2.10. The smallest absolute Gasteiger partial charge is 0.255 e. The second kappa shape index (κ2) is 8.42. The van der Waals surface area contributed by atoms with Crippen molar-refractivity contribution in [1.29, 1.82) is 5.26 Å². The summed E-state index contributed by atoms with van der Waals surface area (Å²) in [7, 11) is -3.64. The van der Waals surface area contributed by atoms with Gasteiger partial charge in [0, 0.05) is 17.8 Å². The normalized spacial score (nSPS) is 10.9. The van der Waals surface area contributed by atoms with Crippen LogP contribution in [0, 0.1) is 11.3 Å². The number of amides is 1. The van der Waals surface area contributed by atoms with Crippen LogP contribution in [0.15, 0.2) is 53.4 Å². The molecule has 0 saturated heterocycles. The zero-order chi connectivity index (χ0) is 18.3. The minimum atomic E-state index is -3.64. The van der Waals surface area contributed by atoms with Crippen molar-refractivity contribution in [2.24, 2.45) is 0 Å². The average Bonchev–Trinajstić information content (AvgIpc) is 2.62. The van der Waals surface area contributed by atoms with E-state index in [4.69, 9.17) is 5.26 Å². The van der Waals surface area contributed by atoms with E-state index in [1.165, 1.54) is 18.2 Å². The predicted molar refractivity (Wildman–Crippen MR) is 95.6 cm³/mol. The molecule has 1 amide bonds. The Balaban J connectivity index is 2.14. The number of carbonyl (C=O) groups excluding carboxylic acids is 1. The number of nitrogens with zero attached hydrogens (tertiary/aromatic N) is 1. The molecule has 130 valence electrons. The lowest BCUT2D eigenvalue weighted by molar-refractivity contribution is 0.102. The van der Waals surface area contributed by atoms with Gasteiger partial charge in [0.2, 0.25) is 10.0 Å². The second-order valence-electron chi connectivity index (χ2n) is 5.42. The SMILES string of the molecule is CCCCNS(=O)(=O)c1cccc(C(=O)Nc2ccc(C#N)cc2)c1. The lowest BCUT2D eigenvalue weighted by atomic mass is 10.2. The minimum Gasteiger partial charge on any atom is -0.322 e. The van der Waals surface area contributed by atoms with Gasteiger partial charge in [0.25, 0.3) is 5.91 Å². The van der Waals surface area contributed by atoms with Crippen LogP contribution in [-0.4, -0.2) is 20.9 Å². The summed E-state index contributed by atoms with van der Waals surface area (Å²) in [6.07, 6.45) is 1.63. The van der Waals surface area contributed by atoms with Crippen LogP contribution < -0.4 is 10.0 Å². The van der Waals surface area contributed by atoms with Gasteiger partial charge in [-0.15, -0.1) is 0 Å². The highest BCUT2D eigenvalue weighted by molar-refractivity contribution is 7.89. The number of sulfonamides is 1. The number of rotatable bonds is 7. The Morgan fingerprint density at radius 2 is 1.88 bits per heavy atom. The molecule has 0 bridgehead atoms. The number of nitriles is 1. The summed E-state index contributed by atoms with van der Waals surface area (Å²) >= 11 is 0. The Hall–Kier alpha value is -2.69.